The van der Waals surface area contributed by atoms with Crippen LogP contribution in [0, 0.1) is 30.6 Å². The summed E-state index contributed by atoms with van der Waals surface area (Å²) in [7, 11) is 0. The van der Waals surface area contributed by atoms with E-state index in [0.29, 0.717) is 86.5 Å². The summed E-state index contributed by atoms with van der Waals surface area (Å²) >= 11 is 0. The predicted molar refractivity (Wildman–Crippen MR) is 148 cm³/mol. The lowest BCUT2D eigenvalue weighted by atomic mass is 9.85. The zero-order valence-electron chi connectivity index (χ0n) is 21.9. The number of nitrogens with zero attached hydrogens (tertiary/aromatic N) is 6. The molecular formula is C29H33F2N7O. The number of morpholine rings is 1. The lowest BCUT2D eigenvalue weighted by Crippen LogP contribution is -2.39. The van der Waals surface area contributed by atoms with Gasteiger partial charge in [0.05, 0.1) is 37.3 Å². The third-order valence-corrected chi connectivity index (χ3v) is 7.52. The molecule has 0 radical (unpaired) electrons. The molecule has 1 saturated heterocycles. The highest BCUT2D eigenvalue weighted by Crippen LogP contribution is 2.30. The molecule has 0 atom stereocenters. The van der Waals surface area contributed by atoms with Gasteiger partial charge in [0.15, 0.2) is 5.82 Å². The molecule has 39 heavy (non-hydrogen) atoms. The molecule has 0 bridgehead atoms. The minimum absolute atomic E-state index is 0.337. The number of alkyl halides is 2. The average molecular weight is 534 g/mol. The summed E-state index contributed by atoms with van der Waals surface area (Å²) in [6.07, 6.45) is 12.4. The van der Waals surface area contributed by atoms with Gasteiger partial charge in [-0.2, -0.15) is 9.97 Å². The third kappa shape index (κ3) is 6.13. The summed E-state index contributed by atoms with van der Waals surface area (Å²) in [5.74, 6) is 6.97. The maximum atomic E-state index is 14.1. The van der Waals surface area contributed by atoms with Gasteiger partial charge in [-0.15, -0.1) is 12.8 Å². The van der Waals surface area contributed by atoms with E-state index >= 15 is 0 Å². The Kier molecular flexibility index (Phi) is 8.55. The number of hydrogen-bond acceptors (Lipinski definition) is 7. The number of benzene rings is 1. The maximum absolute atomic E-state index is 14.1. The molecule has 2 fully saturated rings. The number of anilines is 2. The Labute approximate surface area is 227 Å². The van der Waals surface area contributed by atoms with E-state index in [4.69, 9.17) is 27.6 Å². The fourth-order valence-electron chi connectivity index (χ4n) is 5.50. The molecule has 1 N–H and O–H groups in total. The number of fused-ring (bicyclic) bond motifs is 1. The van der Waals surface area contributed by atoms with Gasteiger partial charge in [-0.3, -0.25) is 9.47 Å². The molecule has 1 saturated carbocycles. The van der Waals surface area contributed by atoms with Crippen molar-refractivity contribution in [1.82, 2.24) is 24.4 Å². The van der Waals surface area contributed by atoms with Gasteiger partial charge in [0.1, 0.15) is 11.6 Å². The van der Waals surface area contributed by atoms with Crippen LogP contribution in [0.2, 0.25) is 0 Å². The van der Waals surface area contributed by atoms with Gasteiger partial charge in [0.25, 0.3) is 6.43 Å². The highest BCUT2D eigenvalue weighted by molar-refractivity contribution is 5.78. The second-order valence-corrected chi connectivity index (χ2v) is 9.97. The molecule has 204 valence electrons. The smallest absolute Gasteiger partial charge is 0.296 e. The highest BCUT2D eigenvalue weighted by Gasteiger charge is 2.26. The number of para-hydroxylation sites is 2. The number of ether oxygens (including phenoxy) is 1. The Bertz CT molecular complexity index is 1330. The number of aromatic nitrogens is 4. The molecule has 1 aliphatic carbocycles. The monoisotopic (exact) mass is 533 g/mol. The molecule has 8 nitrogen and oxygen atoms in total. The minimum atomic E-state index is -2.76. The molecule has 0 spiro atoms. The summed E-state index contributed by atoms with van der Waals surface area (Å²) < 4.78 is 35.1. The van der Waals surface area contributed by atoms with Gasteiger partial charge in [-0.05, 0) is 43.7 Å². The Morgan fingerprint density at radius 2 is 1.69 bits per heavy atom. The highest BCUT2D eigenvalue weighted by atomic mass is 19.3. The van der Waals surface area contributed by atoms with Crippen LogP contribution >= 0.6 is 0 Å². The maximum Gasteiger partial charge on any atom is 0.296 e. The topological polar surface area (TPSA) is 71.3 Å². The average Bonchev–Trinajstić information content (AvgIpc) is 3.37. The predicted octanol–water partition coefficient (Wildman–Crippen LogP) is 4.13. The van der Waals surface area contributed by atoms with Crippen LogP contribution in [-0.2, 0) is 4.74 Å². The quantitative estimate of drug-likeness (QED) is 0.415. The van der Waals surface area contributed by atoms with Crippen LogP contribution in [0.25, 0.3) is 16.9 Å². The van der Waals surface area contributed by atoms with Crippen molar-refractivity contribution in [2.24, 2.45) is 5.92 Å². The number of halogens is 2. The van der Waals surface area contributed by atoms with E-state index in [9.17, 15) is 8.78 Å². The van der Waals surface area contributed by atoms with E-state index in [1.54, 1.807) is 24.3 Å². The molecule has 2 aliphatic rings. The first-order valence-electron chi connectivity index (χ1n) is 13.4. The largest absolute Gasteiger partial charge is 0.378 e. The molecule has 1 aliphatic heterocycles. The Morgan fingerprint density at radius 3 is 2.38 bits per heavy atom. The van der Waals surface area contributed by atoms with Crippen molar-refractivity contribution in [3.63, 3.8) is 0 Å². The first kappa shape index (κ1) is 26.9. The van der Waals surface area contributed by atoms with Gasteiger partial charge in [-0.1, -0.05) is 24.0 Å². The van der Waals surface area contributed by atoms with Gasteiger partial charge < -0.3 is 15.0 Å². The standard InChI is InChI=1S/C29H33F2N7O/c1-3-13-36(14-4-2)22-11-9-21(10-12-22)20-32-29-34-25(37-15-17-39-18-16-37)19-26(35-29)38-24-8-6-5-7-23(24)33-28(38)27(30)31/h1-2,5-8,19,21-22,27H,9-18,20H2,(H,32,34,35). The van der Waals surface area contributed by atoms with Crippen molar-refractivity contribution in [2.45, 2.75) is 38.2 Å². The summed E-state index contributed by atoms with van der Waals surface area (Å²) in [5.41, 5.74) is 1.07. The second kappa shape index (κ2) is 12.4. The molecule has 5 rings (SSSR count). The molecule has 3 aromatic rings. The van der Waals surface area contributed by atoms with E-state index in [2.05, 4.69) is 31.9 Å². The van der Waals surface area contributed by atoms with E-state index in [-0.39, 0.29) is 5.82 Å². The van der Waals surface area contributed by atoms with Crippen molar-refractivity contribution < 1.29 is 13.5 Å². The van der Waals surface area contributed by atoms with Gasteiger partial charge >= 0.3 is 0 Å². The minimum Gasteiger partial charge on any atom is -0.378 e. The summed E-state index contributed by atoms with van der Waals surface area (Å²) in [4.78, 5) is 18.0. The van der Waals surface area contributed by atoms with Crippen LogP contribution in [-0.4, -0.2) is 76.4 Å². The third-order valence-electron chi connectivity index (χ3n) is 7.52. The molecule has 2 aromatic heterocycles. The summed E-state index contributed by atoms with van der Waals surface area (Å²) in [5, 5.41) is 3.41. The summed E-state index contributed by atoms with van der Waals surface area (Å²) in [6.45, 7) is 4.31. The lowest BCUT2D eigenvalue weighted by Gasteiger charge is -2.35. The second-order valence-electron chi connectivity index (χ2n) is 9.97. The van der Waals surface area contributed by atoms with Crippen molar-refractivity contribution in [3.8, 4) is 30.5 Å². The van der Waals surface area contributed by atoms with E-state index in [1.165, 1.54) is 4.57 Å². The van der Waals surface area contributed by atoms with Gasteiger partial charge in [-0.25, -0.2) is 13.8 Å². The van der Waals surface area contributed by atoms with Crippen molar-refractivity contribution in [3.05, 3.63) is 36.2 Å². The van der Waals surface area contributed by atoms with Crippen LogP contribution in [0.1, 0.15) is 37.9 Å². The molecular weight excluding hydrogens is 500 g/mol. The fraction of sp³-hybridized carbons (Fsp3) is 0.483. The van der Waals surface area contributed by atoms with E-state index in [0.717, 1.165) is 25.7 Å². The van der Waals surface area contributed by atoms with Crippen LogP contribution in [0.3, 0.4) is 0 Å². The number of terminal acetylenes is 2. The lowest BCUT2D eigenvalue weighted by molar-refractivity contribution is 0.122. The van der Waals surface area contributed by atoms with E-state index in [1.807, 2.05) is 6.07 Å². The van der Waals surface area contributed by atoms with Crippen LogP contribution in [0.5, 0.6) is 0 Å². The van der Waals surface area contributed by atoms with Gasteiger partial charge in [0, 0.05) is 31.7 Å². The Balaban J connectivity index is 1.38. The first-order chi connectivity index (χ1) is 19.1. The Morgan fingerprint density at radius 1 is 1.00 bits per heavy atom. The first-order valence-corrected chi connectivity index (χ1v) is 13.4. The van der Waals surface area contributed by atoms with Crippen molar-refractivity contribution in [2.75, 3.05) is 56.2 Å². The number of hydrogen-bond donors (Lipinski definition) is 1. The molecule has 0 unspecified atom stereocenters. The van der Waals surface area contributed by atoms with Crippen LogP contribution in [0.15, 0.2) is 30.3 Å². The fourth-order valence-corrected chi connectivity index (χ4v) is 5.50. The van der Waals surface area contributed by atoms with E-state index < -0.39 is 6.43 Å². The zero-order chi connectivity index (χ0) is 27.2. The number of imidazole rings is 1. The van der Waals surface area contributed by atoms with Crippen molar-refractivity contribution >= 4 is 22.8 Å². The van der Waals surface area contributed by atoms with Crippen molar-refractivity contribution in [1.29, 1.82) is 0 Å². The normalized spacial score (nSPS) is 19.8. The SMILES string of the molecule is C#CCN(CC#C)C1CCC(CNc2nc(N3CCOCC3)cc(-n3c(C(F)F)nc4ccccc43)n2)CC1. The Hall–Kier alpha value is -3.73. The number of rotatable bonds is 9. The van der Waals surface area contributed by atoms with Gasteiger partial charge in [0.2, 0.25) is 5.95 Å². The molecule has 0 amide bonds. The molecule has 10 heteroatoms. The molecule has 1 aromatic carbocycles. The van der Waals surface area contributed by atoms with Crippen LogP contribution in [0.4, 0.5) is 20.5 Å². The summed E-state index contributed by atoms with van der Waals surface area (Å²) in [6, 6.07) is 9.25. The number of nitrogens with one attached hydrogen (secondary N) is 1. The molecule has 3 heterocycles. The zero-order valence-corrected chi connectivity index (χ0v) is 21.9. The van der Waals surface area contributed by atoms with Crippen LogP contribution < -0.4 is 10.2 Å².